The van der Waals surface area contributed by atoms with Crippen LogP contribution in [0.4, 0.5) is 0 Å². The minimum Gasteiger partial charge on any atom is -0.481 e. The molecule has 0 bridgehead atoms. The van der Waals surface area contributed by atoms with Gasteiger partial charge in [0.1, 0.15) is 6.10 Å². The zero-order chi connectivity index (χ0) is 40.4. The molecule has 1 aromatic carbocycles. The number of benzene rings is 1. The second kappa shape index (κ2) is 13.1. The maximum Gasteiger partial charge on any atom is 0.309 e. The summed E-state index contributed by atoms with van der Waals surface area (Å²) in [5.41, 5.74) is 7.94. The number of nitrogens with zero attached hydrogens (tertiary/aromatic N) is 2. The quantitative estimate of drug-likeness (QED) is 0.270. The maximum absolute atomic E-state index is 14.0. The first kappa shape index (κ1) is 39.5. The summed E-state index contributed by atoms with van der Waals surface area (Å²) in [6.45, 7) is 21.2. The summed E-state index contributed by atoms with van der Waals surface area (Å²) >= 11 is 0. The lowest BCUT2D eigenvalue weighted by Crippen LogP contribution is -2.66. The summed E-state index contributed by atoms with van der Waals surface area (Å²) in [7, 11) is 2.14. The van der Waals surface area contributed by atoms with Gasteiger partial charge in [-0.15, -0.1) is 0 Å². The standard InChI is InChI=1S/C49H68N2O5/c1-30(2)41-33(32-16-17-32)27-49(37-26-39(52)51(50(37)10)29-31-14-12-11-13-15-31)25-24-47(8)34(42(41)49)18-19-36-46(7)22-21-38(56-40(53)28-44(3,4)43(54)55)45(5,6)35(46)20-23-48(36,47)9/h11-15,26,30,34-36,38H,16-25,27-29H2,1-10H3,(H,54,55). The fourth-order valence-electron chi connectivity index (χ4n) is 14.5. The van der Waals surface area contributed by atoms with E-state index in [2.05, 4.69) is 84.5 Å². The van der Waals surface area contributed by atoms with E-state index in [9.17, 15) is 19.5 Å². The van der Waals surface area contributed by atoms with Crippen molar-refractivity contribution in [3.63, 3.8) is 0 Å². The first-order chi connectivity index (χ1) is 26.2. The maximum atomic E-state index is 14.0. The van der Waals surface area contributed by atoms with Crippen molar-refractivity contribution >= 4 is 11.9 Å². The molecule has 5 fully saturated rings. The minimum absolute atomic E-state index is 0.100. The van der Waals surface area contributed by atoms with Crippen LogP contribution >= 0.6 is 0 Å². The van der Waals surface area contributed by atoms with Gasteiger partial charge in [-0.25, -0.2) is 4.68 Å². The molecule has 8 unspecified atom stereocenters. The number of rotatable bonds is 8. The topological polar surface area (TPSA) is 90.5 Å². The molecular formula is C49H68N2O5. The Morgan fingerprint density at radius 3 is 2.25 bits per heavy atom. The summed E-state index contributed by atoms with van der Waals surface area (Å²) in [6.07, 6.45) is 11.9. The Bertz CT molecular complexity index is 2060. The fraction of sp³-hybridized carbons (Fsp3) is 0.694. The Kier molecular flexibility index (Phi) is 9.22. The number of aromatic nitrogens is 2. The average molecular weight is 765 g/mol. The molecule has 0 radical (unpaired) electrons. The van der Waals surface area contributed by atoms with Gasteiger partial charge in [0.25, 0.3) is 5.56 Å². The van der Waals surface area contributed by atoms with Crippen LogP contribution in [-0.4, -0.2) is 32.5 Å². The van der Waals surface area contributed by atoms with E-state index in [0.29, 0.717) is 30.2 Å². The Morgan fingerprint density at radius 2 is 1.61 bits per heavy atom. The highest BCUT2D eigenvalue weighted by Crippen LogP contribution is 2.77. The summed E-state index contributed by atoms with van der Waals surface area (Å²) < 4.78 is 10.4. The van der Waals surface area contributed by atoms with Crippen LogP contribution in [0.5, 0.6) is 0 Å². The van der Waals surface area contributed by atoms with Gasteiger partial charge in [-0.3, -0.25) is 19.1 Å². The molecule has 1 aromatic heterocycles. The second-order valence-electron chi connectivity index (χ2n) is 21.6. The summed E-state index contributed by atoms with van der Waals surface area (Å²) in [5.74, 6) is 0.503. The number of carbonyl (C=O) groups excluding carboxylic acids is 1. The normalized spacial score (nSPS) is 36.1. The third-order valence-corrected chi connectivity index (χ3v) is 17.7. The van der Waals surface area contributed by atoms with Crippen molar-refractivity contribution in [1.82, 2.24) is 9.36 Å². The van der Waals surface area contributed by atoms with E-state index >= 15 is 0 Å². The smallest absolute Gasteiger partial charge is 0.309 e. The van der Waals surface area contributed by atoms with E-state index in [1.165, 1.54) is 31.4 Å². The number of esters is 1. The molecule has 1 N–H and O–H groups in total. The van der Waals surface area contributed by atoms with Gasteiger partial charge >= 0.3 is 11.9 Å². The molecule has 0 spiro atoms. The van der Waals surface area contributed by atoms with Crippen LogP contribution in [0.25, 0.3) is 0 Å². The van der Waals surface area contributed by atoms with Crippen molar-refractivity contribution < 1.29 is 19.4 Å². The molecule has 7 nitrogen and oxygen atoms in total. The Hall–Kier alpha value is -3.35. The molecule has 304 valence electrons. The van der Waals surface area contributed by atoms with Crippen molar-refractivity contribution in [3.05, 3.63) is 80.3 Å². The molecule has 56 heavy (non-hydrogen) atoms. The van der Waals surface area contributed by atoms with E-state index in [1.54, 1.807) is 36.1 Å². The molecule has 6 aliphatic carbocycles. The third-order valence-electron chi connectivity index (χ3n) is 17.7. The number of hydrogen-bond acceptors (Lipinski definition) is 4. The molecule has 0 saturated heterocycles. The number of ether oxygens (including phenoxy) is 1. The number of carboxylic acid groups (broad SMARTS) is 1. The van der Waals surface area contributed by atoms with Gasteiger partial charge < -0.3 is 9.84 Å². The van der Waals surface area contributed by atoms with E-state index < -0.39 is 17.4 Å². The van der Waals surface area contributed by atoms with Crippen LogP contribution < -0.4 is 5.56 Å². The summed E-state index contributed by atoms with van der Waals surface area (Å²) in [5, 5.41) is 9.67. The minimum atomic E-state index is -1.15. The molecule has 0 amide bonds. The summed E-state index contributed by atoms with van der Waals surface area (Å²) in [6, 6.07) is 12.4. The van der Waals surface area contributed by atoms with Crippen molar-refractivity contribution in [2.24, 2.45) is 57.8 Å². The number of carbonyl (C=O) groups is 2. The van der Waals surface area contributed by atoms with Crippen LogP contribution in [-0.2, 0) is 33.3 Å². The highest BCUT2D eigenvalue weighted by Gasteiger charge is 2.70. The monoisotopic (exact) mass is 765 g/mol. The lowest BCUT2D eigenvalue weighted by molar-refractivity contribution is -0.232. The Labute approximate surface area is 335 Å². The van der Waals surface area contributed by atoms with Gasteiger partial charge in [0.15, 0.2) is 0 Å². The van der Waals surface area contributed by atoms with Crippen molar-refractivity contribution in [2.45, 2.75) is 157 Å². The number of hydrogen-bond donors (Lipinski definition) is 1. The van der Waals surface area contributed by atoms with Crippen LogP contribution in [0.1, 0.15) is 151 Å². The van der Waals surface area contributed by atoms with Gasteiger partial charge in [0, 0.05) is 23.9 Å². The SMILES string of the molecule is CC(C)C1=C2C3CCC4C5(C)CCC(OC(=O)CC(C)(C)C(=O)O)C(C)(C)C5CCC4(C)C3(C)CCC2(c2cc(=O)n(Cc3ccccc3)n2C)CC1=C1CC1. The Morgan fingerprint density at radius 1 is 0.911 bits per heavy atom. The lowest BCUT2D eigenvalue weighted by atomic mass is 9.33. The number of aliphatic carboxylic acids is 1. The molecule has 1 heterocycles. The first-order valence-electron chi connectivity index (χ1n) is 21.9. The molecule has 2 aromatic rings. The molecule has 8 rings (SSSR count). The van der Waals surface area contributed by atoms with Gasteiger partial charge in [-0.2, -0.15) is 0 Å². The van der Waals surface area contributed by atoms with Gasteiger partial charge in [0.05, 0.1) is 24.1 Å². The van der Waals surface area contributed by atoms with Crippen molar-refractivity contribution in [3.8, 4) is 0 Å². The number of carboxylic acids is 1. The molecule has 8 atom stereocenters. The van der Waals surface area contributed by atoms with E-state index in [-0.39, 0.29) is 45.2 Å². The van der Waals surface area contributed by atoms with E-state index in [1.807, 2.05) is 16.8 Å². The van der Waals surface area contributed by atoms with E-state index in [0.717, 1.165) is 50.5 Å². The second-order valence-corrected chi connectivity index (χ2v) is 21.6. The summed E-state index contributed by atoms with van der Waals surface area (Å²) in [4.78, 5) is 39.0. The molecular weight excluding hydrogens is 697 g/mol. The van der Waals surface area contributed by atoms with Crippen molar-refractivity contribution in [2.75, 3.05) is 0 Å². The number of fused-ring (bicyclic) bond motifs is 7. The van der Waals surface area contributed by atoms with Crippen LogP contribution in [0.2, 0.25) is 0 Å². The van der Waals surface area contributed by atoms with Crippen LogP contribution in [0.3, 0.4) is 0 Å². The zero-order valence-electron chi connectivity index (χ0n) is 36.0. The highest BCUT2D eigenvalue weighted by atomic mass is 16.5. The first-order valence-corrected chi connectivity index (χ1v) is 21.9. The predicted octanol–water partition coefficient (Wildman–Crippen LogP) is 10.4. The molecule has 6 aliphatic rings. The molecule has 5 saturated carbocycles. The van der Waals surface area contributed by atoms with E-state index in [4.69, 9.17) is 4.74 Å². The highest BCUT2D eigenvalue weighted by molar-refractivity contribution is 5.81. The number of allylic oxidation sites excluding steroid dienone is 4. The van der Waals surface area contributed by atoms with Gasteiger partial charge in [-0.05, 0) is 141 Å². The lowest BCUT2D eigenvalue weighted by Gasteiger charge is -2.72. The largest absolute Gasteiger partial charge is 0.481 e. The Balaban J connectivity index is 1.15. The average Bonchev–Trinajstić information content (AvgIpc) is 3.85. The van der Waals surface area contributed by atoms with Gasteiger partial charge in [0.2, 0.25) is 0 Å². The fourth-order valence-corrected chi connectivity index (χ4v) is 14.5. The predicted molar refractivity (Wildman–Crippen MR) is 221 cm³/mol. The zero-order valence-corrected chi connectivity index (χ0v) is 36.0. The van der Waals surface area contributed by atoms with Crippen molar-refractivity contribution in [1.29, 1.82) is 0 Å². The molecule has 0 aliphatic heterocycles. The third kappa shape index (κ3) is 5.65. The van der Waals surface area contributed by atoms with Crippen LogP contribution in [0, 0.1) is 50.7 Å². The molecule has 7 heteroatoms. The van der Waals surface area contributed by atoms with Gasteiger partial charge in [-0.1, -0.05) is 89.9 Å². The van der Waals surface area contributed by atoms with Crippen LogP contribution in [0.15, 0.2) is 63.5 Å².